The number of carboxylic acids is 1. The average molecular weight is 251 g/mol. The van der Waals surface area contributed by atoms with Crippen molar-refractivity contribution in [2.75, 3.05) is 0 Å². The molecule has 0 aromatic heterocycles. The van der Waals surface area contributed by atoms with Gasteiger partial charge in [-0.15, -0.1) is 0 Å². The molecule has 1 amide bonds. The van der Waals surface area contributed by atoms with Gasteiger partial charge in [-0.2, -0.15) is 0 Å². The second-order valence-corrected chi connectivity index (χ2v) is 3.93. The minimum atomic E-state index is -1.71. The van der Waals surface area contributed by atoms with E-state index in [0.717, 1.165) is 0 Å². The number of nitrogens with one attached hydrogen (secondary N) is 1. The van der Waals surface area contributed by atoms with Crippen LogP contribution in [-0.4, -0.2) is 40.1 Å². The zero-order valence-electron chi connectivity index (χ0n) is 9.83. The third-order valence-electron chi connectivity index (χ3n) is 2.38. The van der Waals surface area contributed by atoms with Crippen LogP contribution in [0.2, 0.25) is 0 Å². The van der Waals surface area contributed by atoms with E-state index < -0.39 is 19.0 Å². The summed E-state index contributed by atoms with van der Waals surface area (Å²) in [5, 5.41) is 29.5. The average Bonchev–Trinajstić information content (AvgIpc) is 2.27. The van der Waals surface area contributed by atoms with Crippen LogP contribution < -0.4 is 5.32 Å². The molecule has 0 aliphatic rings. The van der Waals surface area contributed by atoms with Gasteiger partial charge < -0.3 is 20.5 Å². The molecule has 0 bridgehead atoms. The Morgan fingerprint density at radius 2 is 2.06 bits per heavy atom. The third-order valence-corrected chi connectivity index (χ3v) is 2.38. The first kappa shape index (κ1) is 14.2. The second kappa shape index (κ2) is 6.18. The molecule has 0 spiro atoms. The van der Waals surface area contributed by atoms with Gasteiger partial charge in [-0.05, 0) is 24.1 Å². The van der Waals surface area contributed by atoms with Crippen molar-refractivity contribution in [3.05, 3.63) is 35.4 Å². The molecule has 1 atom stereocenters. The first-order valence-corrected chi connectivity index (χ1v) is 5.35. The van der Waals surface area contributed by atoms with Crippen LogP contribution in [0.15, 0.2) is 24.3 Å². The number of carbonyl (C=O) groups is 2. The van der Waals surface area contributed by atoms with Crippen molar-refractivity contribution in [1.82, 2.24) is 5.32 Å². The Balaban J connectivity index is 2.83. The fourth-order valence-electron chi connectivity index (χ4n) is 1.58. The highest BCUT2D eigenvalue weighted by Gasteiger charge is 2.24. The van der Waals surface area contributed by atoms with E-state index in [1.165, 1.54) is 19.1 Å². The van der Waals surface area contributed by atoms with Crippen molar-refractivity contribution >= 4 is 19.0 Å². The maximum Gasteiger partial charge on any atom is 0.475 e. The van der Waals surface area contributed by atoms with Gasteiger partial charge in [0, 0.05) is 6.92 Å². The van der Waals surface area contributed by atoms with E-state index in [1.807, 2.05) is 0 Å². The van der Waals surface area contributed by atoms with Gasteiger partial charge in [-0.1, -0.05) is 12.1 Å². The molecular formula is C11H14BNO5. The zero-order valence-corrected chi connectivity index (χ0v) is 9.83. The van der Waals surface area contributed by atoms with Gasteiger partial charge in [0.15, 0.2) is 0 Å². The summed E-state index contributed by atoms with van der Waals surface area (Å²) in [6.07, 6.45) is 0.137. The predicted molar refractivity (Wildman–Crippen MR) is 64.9 cm³/mol. The molecule has 1 rings (SSSR count). The van der Waals surface area contributed by atoms with Crippen molar-refractivity contribution in [1.29, 1.82) is 0 Å². The summed E-state index contributed by atoms with van der Waals surface area (Å²) in [4.78, 5) is 21.7. The SMILES string of the molecule is CC(=O)NC(Cc1cccc(C(=O)O)c1)B(O)O. The lowest BCUT2D eigenvalue weighted by Crippen LogP contribution is -2.47. The van der Waals surface area contributed by atoms with E-state index >= 15 is 0 Å². The Hall–Kier alpha value is -1.86. The fraction of sp³-hybridized carbons (Fsp3) is 0.273. The smallest absolute Gasteiger partial charge is 0.475 e. The summed E-state index contributed by atoms with van der Waals surface area (Å²) in [5.41, 5.74) is 0.711. The Kier molecular flexibility index (Phi) is 4.88. The number of aromatic carboxylic acids is 1. The van der Waals surface area contributed by atoms with Crippen molar-refractivity contribution in [2.45, 2.75) is 19.3 Å². The fourth-order valence-corrected chi connectivity index (χ4v) is 1.58. The van der Waals surface area contributed by atoms with Gasteiger partial charge in [0.1, 0.15) is 0 Å². The van der Waals surface area contributed by atoms with Crippen LogP contribution in [0.3, 0.4) is 0 Å². The van der Waals surface area contributed by atoms with Gasteiger partial charge in [-0.25, -0.2) is 4.79 Å². The van der Waals surface area contributed by atoms with E-state index in [1.54, 1.807) is 12.1 Å². The summed E-state index contributed by atoms with van der Waals surface area (Å²) >= 11 is 0. The topological polar surface area (TPSA) is 107 Å². The maximum absolute atomic E-state index is 10.9. The molecule has 7 heteroatoms. The van der Waals surface area contributed by atoms with Gasteiger partial charge in [0.05, 0.1) is 11.5 Å². The Bertz CT molecular complexity index is 449. The highest BCUT2D eigenvalue weighted by Crippen LogP contribution is 2.08. The molecule has 0 heterocycles. The lowest BCUT2D eigenvalue weighted by atomic mass is 9.76. The monoisotopic (exact) mass is 251 g/mol. The molecule has 1 aromatic rings. The van der Waals surface area contributed by atoms with Crippen LogP contribution in [0.25, 0.3) is 0 Å². The number of benzene rings is 1. The quantitative estimate of drug-likeness (QED) is 0.525. The molecule has 0 saturated heterocycles. The van der Waals surface area contributed by atoms with Crippen molar-refractivity contribution in [2.24, 2.45) is 0 Å². The van der Waals surface area contributed by atoms with E-state index in [9.17, 15) is 9.59 Å². The number of carboxylic acid groups (broad SMARTS) is 1. The van der Waals surface area contributed by atoms with Crippen LogP contribution in [0.4, 0.5) is 0 Å². The van der Waals surface area contributed by atoms with Crippen molar-refractivity contribution < 1.29 is 24.7 Å². The van der Waals surface area contributed by atoms with Crippen LogP contribution in [0.5, 0.6) is 0 Å². The Morgan fingerprint density at radius 3 is 2.56 bits per heavy atom. The van der Waals surface area contributed by atoms with Crippen LogP contribution >= 0.6 is 0 Å². The van der Waals surface area contributed by atoms with E-state index in [0.29, 0.717) is 5.56 Å². The van der Waals surface area contributed by atoms with Crippen molar-refractivity contribution in [3.63, 3.8) is 0 Å². The third kappa shape index (κ3) is 4.19. The number of amides is 1. The largest absolute Gasteiger partial charge is 0.478 e. The number of hydrogen-bond donors (Lipinski definition) is 4. The lowest BCUT2D eigenvalue weighted by molar-refractivity contribution is -0.119. The maximum atomic E-state index is 10.9. The highest BCUT2D eigenvalue weighted by atomic mass is 16.4. The van der Waals surface area contributed by atoms with E-state index in [4.69, 9.17) is 15.2 Å². The molecule has 6 nitrogen and oxygen atoms in total. The van der Waals surface area contributed by atoms with Gasteiger partial charge in [0.25, 0.3) is 0 Å². The lowest BCUT2D eigenvalue weighted by Gasteiger charge is -2.16. The number of rotatable bonds is 5. The molecular weight excluding hydrogens is 237 g/mol. The minimum Gasteiger partial charge on any atom is -0.478 e. The number of hydrogen-bond acceptors (Lipinski definition) is 4. The minimum absolute atomic E-state index is 0.113. The normalized spacial score (nSPS) is 11.7. The van der Waals surface area contributed by atoms with Crippen LogP contribution in [-0.2, 0) is 11.2 Å². The molecule has 0 fully saturated rings. The molecule has 0 radical (unpaired) electrons. The van der Waals surface area contributed by atoms with Gasteiger partial charge in [0.2, 0.25) is 5.91 Å². The molecule has 1 unspecified atom stereocenters. The van der Waals surface area contributed by atoms with Gasteiger partial charge in [-0.3, -0.25) is 4.79 Å². The molecule has 0 saturated carbocycles. The van der Waals surface area contributed by atoms with Crippen molar-refractivity contribution in [3.8, 4) is 0 Å². The molecule has 0 aliphatic heterocycles. The summed E-state index contributed by atoms with van der Waals surface area (Å²) in [6, 6.07) is 6.09. The summed E-state index contributed by atoms with van der Waals surface area (Å²) in [7, 11) is -1.71. The Labute approximate surface area is 104 Å². The van der Waals surface area contributed by atoms with Crippen LogP contribution in [0, 0.1) is 0 Å². The summed E-state index contributed by atoms with van der Waals surface area (Å²) in [5.74, 6) is -2.31. The van der Waals surface area contributed by atoms with Gasteiger partial charge >= 0.3 is 13.1 Å². The molecule has 4 N–H and O–H groups in total. The van der Waals surface area contributed by atoms with E-state index in [-0.39, 0.29) is 17.9 Å². The van der Waals surface area contributed by atoms with E-state index in [2.05, 4.69) is 5.32 Å². The molecule has 96 valence electrons. The van der Waals surface area contributed by atoms with Crippen LogP contribution in [0.1, 0.15) is 22.8 Å². The summed E-state index contributed by atoms with van der Waals surface area (Å²) < 4.78 is 0. The second-order valence-electron chi connectivity index (χ2n) is 3.93. The first-order valence-electron chi connectivity index (χ1n) is 5.35. The molecule has 18 heavy (non-hydrogen) atoms. The molecule has 1 aromatic carbocycles. The predicted octanol–water partition coefficient (Wildman–Crippen LogP) is -0.556. The summed E-state index contributed by atoms with van der Waals surface area (Å²) in [6.45, 7) is 1.27. The number of carbonyl (C=O) groups excluding carboxylic acids is 1. The standard InChI is InChI=1S/C11H14BNO5/c1-7(14)13-10(12(17)18)6-8-3-2-4-9(5-8)11(15)16/h2-5,10,17-18H,6H2,1H3,(H,13,14)(H,15,16). The first-order chi connectivity index (χ1) is 8.40. The molecule has 0 aliphatic carbocycles. The highest BCUT2D eigenvalue weighted by molar-refractivity contribution is 6.43. The Morgan fingerprint density at radius 1 is 1.39 bits per heavy atom. The zero-order chi connectivity index (χ0) is 13.7.